The molecule has 1 saturated heterocycles. The quantitative estimate of drug-likeness (QED) is 0.809. The first-order chi connectivity index (χ1) is 14.2. The average Bonchev–Trinajstić information content (AvgIpc) is 2.72. The number of aryl methyl sites for hydroxylation is 1. The van der Waals surface area contributed by atoms with Gasteiger partial charge in [-0.2, -0.15) is 0 Å². The van der Waals surface area contributed by atoms with E-state index < -0.39 is 5.41 Å². The highest BCUT2D eigenvalue weighted by Crippen LogP contribution is 2.25. The summed E-state index contributed by atoms with van der Waals surface area (Å²) in [6, 6.07) is 8.61. The molecule has 1 fully saturated rings. The number of benzene rings is 1. The third-order valence-electron chi connectivity index (χ3n) is 5.55. The van der Waals surface area contributed by atoms with E-state index in [1.165, 1.54) is 6.07 Å². The van der Waals surface area contributed by atoms with Crippen LogP contribution in [0.1, 0.15) is 50.7 Å². The molecule has 2 amide bonds. The van der Waals surface area contributed by atoms with Crippen LogP contribution >= 0.6 is 0 Å². The lowest BCUT2D eigenvalue weighted by Gasteiger charge is -2.36. The van der Waals surface area contributed by atoms with Crippen molar-refractivity contribution >= 4 is 11.8 Å². The number of carbonyl (C=O) groups is 1. The van der Waals surface area contributed by atoms with Gasteiger partial charge in [-0.25, -0.2) is 19.2 Å². The minimum atomic E-state index is -0.492. The van der Waals surface area contributed by atoms with Gasteiger partial charge in [0, 0.05) is 55.8 Å². The Labute approximate surface area is 178 Å². The number of piperazine rings is 1. The molecule has 1 N–H and O–H groups in total. The number of nitrogens with one attached hydrogen (secondary N) is 1. The highest BCUT2D eigenvalue weighted by Gasteiger charge is 2.27. The molecule has 0 aliphatic carbocycles. The molecule has 162 valence electrons. The average molecular weight is 414 g/mol. The van der Waals surface area contributed by atoms with Crippen LogP contribution in [0.3, 0.4) is 0 Å². The summed E-state index contributed by atoms with van der Waals surface area (Å²) in [5.41, 5.74) is 1.07. The number of halogens is 1. The summed E-state index contributed by atoms with van der Waals surface area (Å²) < 4.78 is 14.1. The van der Waals surface area contributed by atoms with Crippen molar-refractivity contribution in [2.45, 2.75) is 46.0 Å². The molecule has 3 rings (SSSR count). The SMILES string of the molecule is Cc1cc(N2CCN(C(=O)NCC(C)(C)c3ccccc3F)CC2)nc(C(C)C)n1. The first-order valence-electron chi connectivity index (χ1n) is 10.6. The van der Waals surface area contributed by atoms with Crippen LogP contribution in [0.5, 0.6) is 0 Å². The first-order valence-corrected chi connectivity index (χ1v) is 10.6. The molecule has 0 saturated carbocycles. The van der Waals surface area contributed by atoms with E-state index in [0.717, 1.165) is 30.4 Å². The van der Waals surface area contributed by atoms with E-state index in [4.69, 9.17) is 4.98 Å². The van der Waals surface area contributed by atoms with Crippen LogP contribution in [0.4, 0.5) is 15.0 Å². The zero-order valence-corrected chi connectivity index (χ0v) is 18.6. The Morgan fingerprint density at radius 1 is 1.17 bits per heavy atom. The van der Waals surface area contributed by atoms with Gasteiger partial charge in [-0.3, -0.25) is 0 Å². The molecule has 0 spiro atoms. The standard InChI is InChI=1S/C23H32FN5O/c1-16(2)21-26-17(3)14-20(27-21)28-10-12-29(13-11-28)22(30)25-15-23(4,5)18-8-6-7-9-19(18)24/h6-9,14,16H,10-13,15H2,1-5H3,(H,25,30). The number of rotatable bonds is 5. The zero-order valence-electron chi connectivity index (χ0n) is 18.6. The third-order valence-corrected chi connectivity index (χ3v) is 5.55. The minimum absolute atomic E-state index is 0.110. The van der Waals surface area contributed by atoms with Crippen LogP contribution < -0.4 is 10.2 Å². The van der Waals surface area contributed by atoms with Crippen molar-refractivity contribution in [3.05, 3.63) is 53.2 Å². The minimum Gasteiger partial charge on any atom is -0.353 e. The van der Waals surface area contributed by atoms with Crippen LogP contribution in [0.25, 0.3) is 0 Å². The second-order valence-corrected chi connectivity index (χ2v) is 8.88. The monoisotopic (exact) mass is 413 g/mol. The van der Waals surface area contributed by atoms with E-state index in [1.54, 1.807) is 12.1 Å². The van der Waals surface area contributed by atoms with E-state index in [1.807, 2.05) is 37.8 Å². The summed E-state index contributed by atoms with van der Waals surface area (Å²) in [4.78, 5) is 25.9. The van der Waals surface area contributed by atoms with Crippen molar-refractivity contribution in [3.8, 4) is 0 Å². The summed E-state index contributed by atoms with van der Waals surface area (Å²) in [6.07, 6.45) is 0. The molecule has 0 bridgehead atoms. The number of carbonyl (C=O) groups excluding carboxylic acids is 1. The van der Waals surface area contributed by atoms with E-state index in [0.29, 0.717) is 25.2 Å². The normalized spacial score (nSPS) is 14.9. The zero-order chi connectivity index (χ0) is 21.9. The van der Waals surface area contributed by atoms with Gasteiger partial charge in [0.15, 0.2) is 0 Å². The van der Waals surface area contributed by atoms with Crippen molar-refractivity contribution in [2.24, 2.45) is 0 Å². The Kier molecular flexibility index (Phi) is 6.58. The smallest absolute Gasteiger partial charge is 0.317 e. The number of nitrogens with zero attached hydrogens (tertiary/aromatic N) is 4. The molecule has 30 heavy (non-hydrogen) atoms. The van der Waals surface area contributed by atoms with Crippen LogP contribution in [0.15, 0.2) is 30.3 Å². The number of hydrogen-bond donors (Lipinski definition) is 1. The van der Waals surface area contributed by atoms with Crippen molar-refractivity contribution in [1.29, 1.82) is 0 Å². The summed E-state index contributed by atoms with van der Waals surface area (Å²) in [5.74, 6) is 1.80. The summed E-state index contributed by atoms with van der Waals surface area (Å²) >= 11 is 0. The topological polar surface area (TPSA) is 61.4 Å². The lowest BCUT2D eigenvalue weighted by molar-refractivity contribution is 0.191. The van der Waals surface area contributed by atoms with Crippen LogP contribution in [-0.2, 0) is 5.41 Å². The fourth-order valence-corrected chi connectivity index (χ4v) is 3.65. The molecule has 0 atom stereocenters. The fourth-order valence-electron chi connectivity index (χ4n) is 3.65. The van der Waals surface area contributed by atoms with Gasteiger partial charge >= 0.3 is 6.03 Å². The molecule has 1 aliphatic rings. The summed E-state index contributed by atoms with van der Waals surface area (Å²) in [6.45, 7) is 13.1. The highest BCUT2D eigenvalue weighted by atomic mass is 19.1. The predicted octanol–water partition coefficient (Wildman–Crippen LogP) is 3.86. The molecular weight excluding hydrogens is 381 g/mol. The Balaban J connectivity index is 1.56. The Morgan fingerprint density at radius 2 is 1.83 bits per heavy atom. The van der Waals surface area contributed by atoms with E-state index in [-0.39, 0.29) is 17.8 Å². The molecule has 6 nitrogen and oxygen atoms in total. The molecule has 1 aromatic carbocycles. The van der Waals surface area contributed by atoms with E-state index in [2.05, 4.69) is 29.0 Å². The Morgan fingerprint density at radius 3 is 2.47 bits per heavy atom. The maximum Gasteiger partial charge on any atom is 0.317 e. The van der Waals surface area contributed by atoms with E-state index in [9.17, 15) is 9.18 Å². The van der Waals surface area contributed by atoms with Gasteiger partial charge < -0.3 is 15.1 Å². The number of aromatic nitrogens is 2. The highest BCUT2D eigenvalue weighted by molar-refractivity contribution is 5.74. The first kappa shape index (κ1) is 22.0. The van der Waals surface area contributed by atoms with Crippen LogP contribution in [0.2, 0.25) is 0 Å². The van der Waals surface area contributed by atoms with Crippen LogP contribution in [-0.4, -0.2) is 53.6 Å². The summed E-state index contributed by atoms with van der Waals surface area (Å²) in [5, 5.41) is 2.98. The molecule has 2 heterocycles. The second kappa shape index (κ2) is 8.98. The molecular formula is C23H32FN5O. The number of urea groups is 1. The fraction of sp³-hybridized carbons (Fsp3) is 0.522. The molecule has 0 radical (unpaired) electrons. The van der Waals surface area contributed by atoms with Gasteiger partial charge in [0.2, 0.25) is 0 Å². The third kappa shape index (κ3) is 5.07. The lowest BCUT2D eigenvalue weighted by Crippen LogP contribution is -2.53. The van der Waals surface area contributed by atoms with Gasteiger partial charge in [0.05, 0.1) is 0 Å². The predicted molar refractivity (Wildman–Crippen MR) is 117 cm³/mol. The molecule has 1 aromatic heterocycles. The molecule has 1 aliphatic heterocycles. The van der Waals surface area contributed by atoms with Gasteiger partial charge in [0.1, 0.15) is 17.5 Å². The number of hydrogen-bond acceptors (Lipinski definition) is 4. The van der Waals surface area contributed by atoms with Gasteiger partial charge in [-0.15, -0.1) is 0 Å². The maximum absolute atomic E-state index is 14.1. The lowest BCUT2D eigenvalue weighted by atomic mass is 9.84. The Hall–Kier alpha value is -2.70. The number of anilines is 1. The van der Waals surface area contributed by atoms with Gasteiger partial charge in [0.25, 0.3) is 0 Å². The van der Waals surface area contributed by atoms with Crippen molar-refractivity contribution < 1.29 is 9.18 Å². The molecule has 7 heteroatoms. The van der Waals surface area contributed by atoms with E-state index >= 15 is 0 Å². The van der Waals surface area contributed by atoms with Crippen molar-refractivity contribution in [2.75, 3.05) is 37.6 Å². The van der Waals surface area contributed by atoms with Crippen molar-refractivity contribution in [1.82, 2.24) is 20.2 Å². The molecule has 0 unspecified atom stereocenters. The van der Waals surface area contributed by atoms with Crippen LogP contribution in [0, 0.1) is 12.7 Å². The van der Waals surface area contributed by atoms with Crippen molar-refractivity contribution in [3.63, 3.8) is 0 Å². The Bertz CT molecular complexity index is 891. The largest absolute Gasteiger partial charge is 0.353 e. The summed E-state index contributed by atoms with van der Waals surface area (Å²) in [7, 11) is 0. The maximum atomic E-state index is 14.1. The number of amides is 2. The van der Waals surface area contributed by atoms with Gasteiger partial charge in [-0.05, 0) is 18.6 Å². The second-order valence-electron chi connectivity index (χ2n) is 8.88. The molecule has 2 aromatic rings. The van der Waals surface area contributed by atoms with Gasteiger partial charge in [-0.1, -0.05) is 45.9 Å².